The van der Waals surface area contributed by atoms with Gasteiger partial charge >= 0.3 is 0 Å². The molecule has 0 amide bonds. The zero-order valence-corrected chi connectivity index (χ0v) is 12.2. The average Bonchev–Trinajstić information content (AvgIpc) is 2.84. The second-order valence-electron chi connectivity index (χ2n) is 4.99. The molecule has 0 fully saturated rings. The Kier molecular flexibility index (Phi) is 4.55. The first kappa shape index (κ1) is 14.7. The number of rotatable bonds is 5. The molecule has 0 aliphatic rings. The molecule has 0 bridgehead atoms. The third-order valence-electron chi connectivity index (χ3n) is 3.56. The topological polar surface area (TPSA) is 38.0 Å². The Hall–Kier alpha value is -1.68. The molecule has 4 heteroatoms. The summed E-state index contributed by atoms with van der Waals surface area (Å²) in [7, 11) is 0. The van der Waals surface area contributed by atoms with Crippen LogP contribution in [0.5, 0.6) is 0 Å². The number of nitrogens with zero attached hydrogens (tertiary/aromatic N) is 2. The maximum atomic E-state index is 14.0. The van der Waals surface area contributed by atoms with E-state index in [-0.39, 0.29) is 5.82 Å². The molecule has 1 unspecified atom stereocenters. The number of aliphatic hydroxyl groups is 1. The van der Waals surface area contributed by atoms with E-state index in [1.165, 1.54) is 0 Å². The summed E-state index contributed by atoms with van der Waals surface area (Å²) < 4.78 is 15.9. The molecule has 1 heterocycles. The smallest absolute Gasteiger partial charge is 0.131 e. The summed E-state index contributed by atoms with van der Waals surface area (Å²) in [6, 6.07) is 7.10. The van der Waals surface area contributed by atoms with Crippen LogP contribution in [0.15, 0.2) is 24.3 Å². The first-order valence-corrected chi connectivity index (χ1v) is 7.05. The first-order chi connectivity index (χ1) is 9.56. The Morgan fingerprint density at radius 2 is 2.10 bits per heavy atom. The largest absolute Gasteiger partial charge is 0.388 e. The van der Waals surface area contributed by atoms with Crippen LogP contribution >= 0.6 is 0 Å². The highest BCUT2D eigenvalue weighted by molar-refractivity contribution is 5.27. The summed E-state index contributed by atoms with van der Waals surface area (Å²) in [5.41, 5.74) is 2.85. The van der Waals surface area contributed by atoms with Crippen LogP contribution in [0.25, 0.3) is 0 Å². The number of hydrogen-bond acceptors (Lipinski definition) is 2. The summed E-state index contributed by atoms with van der Waals surface area (Å²) in [5.74, 6) is -0.321. The summed E-state index contributed by atoms with van der Waals surface area (Å²) >= 11 is 0. The Balaban J connectivity index is 2.25. The molecule has 2 aromatic rings. The van der Waals surface area contributed by atoms with E-state index in [0.29, 0.717) is 17.5 Å². The van der Waals surface area contributed by atoms with Gasteiger partial charge in [-0.1, -0.05) is 25.1 Å². The molecule has 3 nitrogen and oxygen atoms in total. The van der Waals surface area contributed by atoms with Crippen LogP contribution in [0.2, 0.25) is 0 Å². The normalized spacial score (nSPS) is 12.7. The molecular formula is C16H21FN2O. The van der Waals surface area contributed by atoms with Crippen LogP contribution in [-0.2, 0) is 19.4 Å². The van der Waals surface area contributed by atoms with Gasteiger partial charge in [0.05, 0.1) is 11.8 Å². The second-order valence-corrected chi connectivity index (χ2v) is 4.99. The number of aryl methyl sites for hydroxylation is 3. The van der Waals surface area contributed by atoms with Gasteiger partial charge in [-0.15, -0.1) is 0 Å². The van der Waals surface area contributed by atoms with E-state index in [2.05, 4.69) is 5.10 Å². The number of benzene rings is 1. The molecule has 1 N–H and O–H groups in total. The highest BCUT2D eigenvalue weighted by Crippen LogP contribution is 2.23. The minimum atomic E-state index is -0.846. The van der Waals surface area contributed by atoms with E-state index in [4.69, 9.17) is 0 Å². The highest BCUT2D eigenvalue weighted by atomic mass is 19.1. The number of hydrogen-bond donors (Lipinski definition) is 1. The van der Waals surface area contributed by atoms with Gasteiger partial charge in [-0.3, -0.25) is 4.68 Å². The lowest BCUT2D eigenvalue weighted by Gasteiger charge is -2.13. The van der Waals surface area contributed by atoms with E-state index in [9.17, 15) is 9.50 Å². The van der Waals surface area contributed by atoms with Gasteiger partial charge in [0.15, 0.2) is 0 Å². The van der Waals surface area contributed by atoms with Crippen LogP contribution in [0.4, 0.5) is 4.39 Å². The second kappa shape index (κ2) is 6.18. The fraction of sp³-hybridized carbons (Fsp3) is 0.438. The molecule has 0 saturated carbocycles. The molecule has 0 aliphatic heterocycles. The highest BCUT2D eigenvalue weighted by Gasteiger charge is 2.17. The van der Waals surface area contributed by atoms with Gasteiger partial charge in [0.25, 0.3) is 0 Å². The molecule has 0 radical (unpaired) electrons. The van der Waals surface area contributed by atoms with Gasteiger partial charge in [0.1, 0.15) is 5.82 Å². The van der Waals surface area contributed by atoms with E-state index < -0.39 is 6.10 Å². The molecule has 1 aromatic heterocycles. The number of aliphatic hydroxyl groups excluding tert-OH is 1. The number of aromatic nitrogens is 2. The Labute approximate surface area is 119 Å². The van der Waals surface area contributed by atoms with E-state index in [1.54, 1.807) is 25.1 Å². The molecular weight excluding hydrogens is 255 g/mol. The molecule has 108 valence electrons. The van der Waals surface area contributed by atoms with Crippen molar-refractivity contribution in [3.8, 4) is 0 Å². The predicted molar refractivity (Wildman–Crippen MR) is 77.1 cm³/mol. The third kappa shape index (κ3) is 2.90. The Morgan fingerprint density at radius 3 is 2.75 bits per heavy atom. The van der Waals surface area contributed by atoms with Crippen molar-refractivity contribution in [2.24, 2.45) is 0 Å². The van der Waals surface area contributed by atoms with Crippen molar-refractivity contribution in [1.82, 2.24) is 9.78 Å². The summed E-state index contributed by atoms with van der Waals surface area (Å²) in [5, 5.41) is 14.7. The lowest BCUT2D eigenvalue weighted by Crippen LogP contribution is -2.10. The van der Waals surface area contributed by atoms with Crippen molar-refractivity contribution >= 4 is 0 Å². The van der Waals surface area contributed by atoms with E-state index >= 15 is 0 Å². The zero-order valence-electron chi connectivity index (χ0n) is 12.2. The van der Waals surface area contributed by atoms with Crippen molar-refractivity contribution in [2.45, 2.75) is 46.3 Å². The van der Waals surface area contributed by atoms with E-state index in [0.717, 1.165) is 24.4 Å². The maximum absolute atomic E-state index is 14.0. The van der Waals surface area contributed by atoms with E-state index in [1.807, 2.05) is 24.6 Å². The van der Waals surface area contributed by atoms with Crippen LogP contribution in [-0.4, -0.2) is 14.9 Å². The van der Waals surface area contributed by atoms with Gasteiger partial charge in [0.2, 0.25) is 0 Å². The minimum Gasteiger partial charge on any atom is -0.388 e. The lowest BCUT2D eigenvalue weighted by atomic mass is 10.0. The Morgan fingerprint density at radius 1 is 1.35 bits per heavy atom. The van der Waals surface area contributed by atoms with Crippen LogP contribution in [0.1, 0.15) is 42.5 Å². The SMILES string of the molecule is CCc1cc(CC(O)c2cccc(C)c2F)n(CC)n1. The van der Waals surface area contributed by atoms with Gasteiger partial charge in [-0.25, -0.2) is 4.39 Å². The average molecular weight is 276 g/mol. The van der Waals surface area contributed by atoms with Gasteiger partial charge in [-0.05, 0) is 31.9 Å². The molecule has 20 heavy (non-hydrogen) atoms. The summed E-state index contributed by atoms with van der Waals surface area (Å²) in [4.78, 5) is 0. The minimum absolute atomic E-state index is 0.321. The summed E-state index contributed by atoms with van der Waals surface area (Å²) in [6.07, 6.45) is 0.387. The van der Waals surface area contributed by atoms with Crippen molar-refractivity contribution in [3.63, 3.8) is 0 Å². The molecule has 0 aliphatic carbocycles. The molecule has 0 saturated heterocycles. The predicted octanol–water partition coefficient (Wildman–Crippen LogP) is 3.19. The van der Waals surface area contributed by atoms with Crippen molar-refractivity contribution in [3.05, 3.63) is 52.6 Å². The van der Waals surface area contributed by atoms with Crippen molar-refractivity contribution in [2.75, 3.05) is 0 Å². The van der Waals surface area contributed by atoms with Crippen molar-refractivity contribution < 1.29 is 9.50 Å². The zero-order chi connectivity index (χ0) is 14.7. The monoisotopic (exact) mass is 276 g/mol. The van der Waals surface area contributed by atoms with Gasteiger partial charge in [-0.2, -0.15) is 5.10 Å². The fourth-order valence-electron chi connectivity index (χ4n) is 2.36. The number of halogens is 1. The van der Waals surface area contributed by atoms with Crippen LogP contribution in [0.3, 0.4) is 0 Å². The molecule has 2 rings (SSSR count). The van der Waals surface area contributed by atoms with Gasteiger partial charge < -0.3 is 5.11 Å². The molecule has 1 aromatic carbocycles. The van der Waals surface area contributed by atoms with Crippen LogP contribution in [0, 0.1) is 12.7 Å². The standard InChI is InChI=1S/C16H21FN2O/c1-4-12-9-13(19(5-2)18-12)10-15(20)14-8-6-7-11(3)16(14)17/h6-9,15,20H,4-5,10H2,1-3H3. The summed E-state index contributed by atoms with van der Waals surface area (Å²) in [6.45, 7) is 6.51. The van der Waals surface area contributed by atoms with Crippen LogP contribution < -0.4 is 0 Å². The van der Waals surface area contributed by atoms with Gasteiger partial charge in [0, 0.05) is 24.2 Å². The maximum Gasteiger partial charge on any atom is 0.131 e. The Bertz CT molecular complexity index is 592. The lowest BCUT2D eigenvalue weighted by molar-refractivity contribution is 0.170. The first-order valence-electron chi connectivity index (χ1n) is 7.05. The quantitative estimate of drug-likeness (QED) is 0.910. The molecule has 1 atom stereocenters. The van der Waals surface area contributed by atoms with Crippen molar-refractivity contribution in [1.29, 1.82) is 0 Å². The fourth-order valence-corrected chi connectivity index (χ4v) is 2.36. The molecule has 0 spiro atoms. The third-order valence-corrected chi connectivity index (χ3v) is 3.56.